The van der Waals surface area contributed by atoms with E-state index in [4.69, 9.17) is 9.15 Å². The van der Waals surface area contributed by atoms with Gasteiger partial charge in [-0.15, -0.1) is 0 Å². The molecule has 10 nitrogen and oxygen atoms in total. The van der Waals surface area contributed by atoms with E-state index in [1.165, 1.54) is 4.31 Å². The van der Waals surface area contributed by atoms with Crippen molar-refractivity contribution in [1.29, 1.82) is 0 Å². The topological polar surface area (TPSA) is 112 Å². The molecule has 11 heteroatoms. The fraction of sp³-hybridized carbons (Fsp3) is 0.333. The van der Waals surface area contributed by atoms with Crippen molar-refractivity contribution in [1.82, 2.24) is 9.21 Å². The van der Waals surface area contributed by atoms with Crippen molar-refractivity contribution in [2.45, 2.75) is 24.7 Å². The van der Waals surface area contributed by atoms with Gasteiger partial charge in [-0.25, -0.2) is 8.42 Å². The number of carbonyl (C=O) groups excluding carboxylic acids is 2. The number of nitrogens with zero attached hydrogens (tertiary/aromatic N) is 3. The van der Waals surface area contributed by atoms with Crippen molar-refractivity contribution in [3.8, 4) is 5.75 Å². The Labute approximate surface area is 257 Å². The number of fused-ring (bicyclic) bond motifs is 1. The van der Waals surface area contributed by atoms with E-state index in [0.717, 1.165) is 17.0 Å². The van der Waals surface area contributed by atoms with Gasteiger partial charge in [0.25, 0.3) is 5.91 Å². The largest absolute Gasteiger partial charge is 0.497 e. The lowest BCUT2D eigenvalue weighted by Crippen LogP contribution is -2.48. The Hall–Kier alpha value is -4.35. The molecule has 3 heterocycles. The fourth-order valence-electron chi connectivity index (χ4n) is 5.88. The van der Waals surface area contributed by atoms with E-state index in [2.05, 4.69) is 10.2 Å². The van der Waals surface area contributed by atoms with Crippen LogP contribution in [0.3, 0.4) is 0 Å². The van der Waals surface area contributed by atoms with Crippen LogP contribution < -0.4 is 15.0 Å². The van der Waals surface area contributed by atoms with Crippen molar-refractivity contribution in [2.75, 3.05) is 56.6 Å². The SMILES string of the molecule is COc1cccc(N2CCN(C(=O)c3oc4ccccc4c3NC(=O)C3CCN(S(=O)(=O)c4ccc(C)cc4)CC3)CC2)c1. The number of aryl methyl sites for hydroxylation is 1. The van der Waals surface area contributed by atoms with E-state index < -0.39 is 15.9 Å². The number of hydrogen-bond acceptors (Lipinski definition) is 7. The van der Waals surface area contributed by atoms with Crippen molar-refractivity contribution in [3.05, 3.63) is 84.1 Å². The van der Waals surface area contributed by atoms with Crippen molar-refractivity contribution in [2.24, 2.45) is 5.92 Å². The number of nitrogens with one attached hydrogen (secondary N) is 1. The monoisotopic (exact) mass is 616 g/mol. The predicted octanol–water partition coefficient (Wildman–Crippen LogP) is 4.75. The number of piperazine rings is 1. The molecule has 4 aromatic rings. The Balaban J connectivity index is 1.14. The fourth-order valence-corrected chi connectivity index (χ4v) is 7.35. The first-order valence-corrected chi connectivity index (χ1v) is 16.3. The Bertz CT molecular complexity index is 1770. The summed E-state index contributed by atoms with van der Waals surface area (Å²) in [6.07, 6.45) is 0.754. The molecule has 0 aliphatic carbocycles. The minimum atomic E-state index is -3.64. The van der Waals surface area contributed by atoms with Crippen LogP contribution in [0, 0.1) is 12.8 Å². The van der Waals surface area contributed by atoms with E-state index >= 15 is 0 Å². The third-order valence-electron chi connectivity index (χ3n) is 8.51. The van der Waals surface area contributed by atoms with Gasteiger partial charge in [0.1, 0.15) is 17.0 Å². The highest BCUT2D eigenvalue weighted by molar-refractivity contribution is 7.89. The second kappa shape index (κ2) is 12.3. The highest BCUT2D eigenvalue weighted by atomic mass is 32.2. The summed E-state index contributed by atoms with van der Waals surface area (Å²) in [5.74, 6) is -0.0416. The zero-order valence-electron chi connectivity index (χ0n) is 24.9. The summed E-state index contributed by atoms with van der Waals surface area (Å²) in [6.45, 7) is 4.67. The van der Waals surface area contributed by atoms with Crippen LogP contribution in [0.5, 0.6) is 5.75 Å². The first kappa shape index (κ1) is 29.7. The molecule has 2 aliphatic rings. The summed E-state index contributed by atoms with van der Waals surface area (Å²) in [6, 6.07) is 21.9. The van der Waals surface area contributed by atoms with Gasteiger partial charge >= 0.3 is 0 Å². The van der Waals surface area contributed by atoms with Gasteiger partial charge in [-0.05, 0) is 56.2 Å². The number of methoxy groups -OCH3 is 1. The number of rotatable bonds is 7. The van der Waals surface area contributed by atoms with Gasteiger partial charge in [0.05, 0.1) is 12.0 Å². The van der Waals surface area contributed by atoms with E-state index in [9.17, 15) is 18.0 Å². The van der Waals surface area contributed by atoms with Crippen LogP contribution in [0.1, 0.15) is 29.0 Å². The van der Waals surface area contributed by atoms with Crippen LogP contribution in [-0.4, -0.2) is 75.8 Å². The number of furan rings is 1. The maximum Gasteiger partial charge on any atom is 0.291 e. The van der Waals surface area contributed by atoms with Crippen LogP contribution >= 0.6 is 0 Å². The number of anilines is 2. The summed E-state index contributed by atoms with van der Waals surface area (Å²) in [5.41, 5.74) is 2.89. The van der Waals surface area contributed by atoms with Gasteiger partial charge in [0, 0.05) is 62.3 Å². The maximum atomic E-state index is 13.8. The van der Waals surface area contributed by atoms with E-state index in [-0.39, 0.29) is 35.6 Å². The predicted molar refractivity (Wildman–Crippen MR) is 169 cm³/mol. The Kier molecular flexibility index (Phi) is 8.33. The van der Waals surface area contributed by atoms with E-state index in [1.54, 1.807) is 42.3 Å². The van der Waals surface area contributed by atoms with Crippen LogP contribution in [0.2, 0.25) is 0 Å². The van der Waals surface area contributed by atoms with Crippen molar-refractivity contribution < 1.29 is 27.2 Å². The molecule has 3 aromatic carbocycles. The number of hydrogen-bond donors (Lipinski definition) is 1. The second-order valence-electron chi connectivity index (χ2n) is 11.3. The Morgan fingerprint density at radius 3 is 2.30 bits per heavy atom. The first-order chi connectivity index (χ1) is 21.2. The van der Waals surface area contributed by atoms with E-state index in [1.807, 2.05) is 49.4 Å². The molecule has 0 atom stereocenters. The van der Waals surface area contributed by atoms with Crippen LogP contribution in [0.15, 0.2) is 82.1 Å². The average molecular weight is 617 g/mol. The quantitative estimate of drug-likeness (QED) is 0.319. The molecule has 0 bridgehead atoms. The zero-order chi connectivity index (χ0) is 30.8. The first-order valence-electron chi connectivity index (χ1n) is 14.8. The third kappa shape index (κ3) is 5.89. The van der Waals surface area contributed by atoms with Crippen LogP contribution in [0.25, 0.3) is 11.0 Å². The van der Waals surface area contributed by atoms with Gasteiger partial charge in [-0.1, -0.05) is 35.9 Å². The number of ether oxygens (including phenoxy) is 1. The molecule has 230 valence electrons. The molecular weight excluding hydrogens is 580 g/mol. The highest BCUT2D eigenvalue weighted by Gasteiger charge is 2.34. The minimum Gasteiger partial charge on any atom is -0.497 e. The standard InChI is InChI=1S/C33H36N4O6S/c1-23-10-12-27(13-11-23)44(40,41)37-16-14-24(15-17-37)32(38)34-30-28-8-3-4-9-29(28)43-31(30)33(39)36-20-18-35(19-21-36)25-6-5-7-26(22-25)42-2/h3-13,22,24H,14-21H2,1-2H3,(H,34,38). The van der Waals surface area contributed by atoms with Gasteiger partial charge < -0.3 is 24.3 Å². The maximum absolute atomic E-state index is 13.8. The summed E-state index contributed by atoms with van der Waals surface area (Å²) >= 11 is 0. The number of piperidine rings is 1. The lowest BCUT2D eigenvalue weighted by Gasteiger charge is -2.36. The molecule has 2 saturated heterocycles. The normalized spacial score (nSPS) is 16.7. The number of para-hydroxylation sites is 1. The molecule has 2 amide bonds. The summed E-state index contributed by atoms with van der Waals surface area (Å²) < 4.78 is 39.1. The molecule has 0 saturated carbocycles. The third-order valence-corrected chi connectivity index (χ3v) is 10.4. The van der Waals surface area contributed by atoms with Crippen LogP contribution in [0.4, 0.5) is 11.4 Å². The summed E-state index contributed by atoms with van der Waals surface area (Å²) in [7, 11) is -2.00. The Morgan fingerprint density at radius 2 is 1.59 bits per heavy atom. The molecular formula is C33H36N4O6S. The summed E-state index contributed by atoms with van der Waals surface area (Å²) in [5, 5.41) is 3.64. The Morgan fingerprint density at radius 1 is 0.886 bits per heavy atom. The van der Waals surface area contributed by atoms with Gasteiger partial charge in [0.2, 0.25) is 21.7 Å². The van der Waals surface area contributed by atoms with Gasteiger partial charge in [0.15, 0.2) is 0 Å². The molecule has 6 rings (SSSR count). The number of sulfonamides is 1. The molecule has 2 aliphatic heterocycles. The molecule has 44 heavy (non-hydrogen) atoms. The molecule has 0 spiro atoms. The zero-order valence-corrected chi connectivity index (χ0v) is 25.7. The van der Waals surface area contributed by atoms with E-state index in [0.29, 0.717) is 55.7 Å². The lowest BCUT2D eigenvalue weighted by molar-refractivity contribution is -0.120. The van der Waals surface area contributed by atoms with Gasteiger partial charge in [-0.2, -0.15) is 4.31 Å². The number of carbonyl (C=O) groups is 2. The molecule has 2 fully saturated rings. The smallest absolute Gasteiger partial charge is 0.291 e. The number of benzene rings is 3. The van der Waals surface area contributed by atoms with Crippen molar-refractivity contribution >= 4 is 44.2 Å². The second-order valence-corrected chi connectivity index (χ2v) is 13.2. The molecule has 1 aromatic heterocycles. The van der Waals surface area contributed by atoms with Gasteiger partial charge in [-0.3, -0.25) is 9.59 Å². The average Bonchev–Trinajstić information content (AvgIpc) is 3.42. The van der Waals surface area contributed by atoms with Crippen molar-refractivity contribution in [3.63, 3.8) is 0 Å². The minimum absolute atomic E-state index is 0.105. The highest BCUT2D eigenvalue weighted by Crippen LogP contribution is 2.34. The molecule has 0 radical (unpaired) electrons. The molecule has 1 N–H and O–H groups in total. The number of amides is 2. The summed E-state index contributed by atoms with van der Waals surface area (Å²) in [4.78, 5) is 31.5. The lowest BCUT2D eigenvalue weighted by atomic mass is 9.97. The van der Waals surface area contributed by atoms with Crippen LogP contribution in [-0.2, 0) is 14.8 Å². The molecule has 0 unspecified atom stereocenters.